The van der Waals surface area contributed by atoms with Gasteiger partial charge in [-0.25, -0.2) is 0 Å². The minimum atomic E-state index is 0.0328. The van der Waals surface area contributed by atoms with Crippen LogP contribution in [0.25, 0.3) is 0 Å². The zero-order valence-electron chi connectivity index (χ0n) is 10.6. The normalized spacial score (nSPS) is 10.2. The van der Waals surface area contributed by atoms with Crippen molar-refractivity contribution in [2.75, 3.05) is 43.1 Å². The van der Waals surface area contributed by atoms with Crippen molar-refractivity contribution in [3.05, 3.63) is 24.3 Å². The van der Waals surface area contributed by atoms with Crippen LogP contribution in [0.3, 0.4) is 0 Å². The fourth-order valence-electron chi connectivity index (χ4n) is 1.65. The number of carbonyl (C=O) groups is 1. The number of aliphatic hydroxyl groups excluding tert-OH is 2. The van der Waals surface area contributed by atoms with E-state index in [1.54, 1.807) is 0 Å². The van der Waals surface area contributed by atoms with E-state index in [1.807, 2.05) is 29.2 Å². The van der Waals surface area contributed by atoms with Gasteiger partial charge in [0.25, 0.3) is 0 Å². The number of nitrogens with one attached hydrogen (secondary N) is 1. The first-order chi connectivity index (χ1) is 8.67. The topological polar surface area (TPSA) is 72.8 Å². The van der Waals surface area contributed by atoms with E-state index in [1.165, 1.54) is 6.92 Å². The summed E-state index contributed by atoms with van der Waals surface area (Å²) < 4.78 is 0. The van der Waals surface area contributed by atoms with Gasteiger partial charge in [0.1, 0.15) is 5.78 Å². The molecule has 0 aliphatic heterocycles. The second kappa shape index (κ2) is 7.68. The first-order valence-electron chi connectivity index (χ1n) is 5.97. The van der Waals surface area contributed by atoms with Crippen LogP contribution in [0.5, 0.6) is 0 Å². The second-order valence-corrected chi connectivity index (χ2v) is 4.04. The van der Waals surface area contributed by atoms with E-state index in [0.717, 1.165) is 11.4 Å². The molecule has 0 saturated heterocycles. The number of ketones is 1. The van der Waals surface area contributed by atoms with Gasteiger partial charge in [0.05, 0.1) is 19.8 Å². The molecule has 1 rings (SSSR count). The molecule has 1 aromatic rings. The van der Waals surface area contributed by atoms with E-state index < -0.39 is 0 Å². The summed E-state index contributed by atoms with van der Waals surface area (Å²) in [4.78, 5) is 12.8. The van der Waals surface area contributed by atoms with Gasteiger partial charge in [0.2, 0.25) is 0 Å². The minimum absolute atomic E-state index is 0.0328. The average Bonchev–Trinajstić information content (AvgIpc) is 2.36. The highest BCUT2D eigenvalue weighted by Gasteiger charge is 2.06. The third kappa shape index (κ3) is 4.73. The molecule has 1 aromatic carbocycles. The van der Waals surface area contributed by atoms with Gasteiger partial charge in [-0.15, -0.1) is 0 Å². The van der Waals surface area contributed by atoms with Gasteiger partial charge in [-0.3, -0.25) is 4.79 Å². The van der Waals surface area contributed by atoms with Gasteiger partial charge in [0.15, 0.2) is 0 Å². The lowest BCUT2D eigenvalue weighted by molar-refractivity contribution is -0.115. The number of rotatable bonds is 8. The molecule has 5 nitrogen and oxygen atoms in total. The fraction of sp³-hybridized carbons (Fsp3) is 0.462. The summed E-state index contributed by atoms with van der Waals surface area (Å²) in [5.74, 6) is 0.0722. The molecular formula is C13H20N2O3. The highest BCUT2D eigenvalue weighted by Crippen LogP contribution is 2.19. The molecule has 0 aliphatic rings. The molecule has 0 heterocycles. The molecule has 0 aromatic heterocycles. The minimum Gasteiger partial charge on any atom is -0.395 e. The Kier molecular flexibility index (Phi) is 6.18. The number of benzene rings is 1. The van der Waals surface area contributed by atoms with Crippen LogP contribution < -0.4 is 10.2 Å². The van der Waals surface area contributed by atoms with Crippen LogP contribution in [0.1, 0.15) is 6.92 Å². The molecule has 0 unspecified atom stereocenters. The van der Waals surface area contributed by atoms with Crippen LogP contribution in [0.15, 0.2) is 24.3 Å². The highest BCUT2D eigenvalue weighted by atomic mass is 16.3. The number of aliphatic hydroxyl groups is 2. The maximum Gasteiger partial charge on any atom is 0.148 e. The number of carbonyl (C=O) groups excluding carboxylic acids is 1. The van der Waals surface area contributed by atoms with E-state index >= 15 is 0 Å². The van der Waals surface area contributed by atoms with Crippen molar-refractivity contribution >= 4 is 17.2 Å². The maximum absolute atomic E-state index is 10.9. The van der Waals surface area contributed by atoms with Crippen molar-refractivity contribution in [3.8, 4) is 0 Å². The first-order valence-corrected chi connectivity index (χ1v) is 5.97. The van der Waals surface area contributed by atoms with Gasteiger partial charge in [-0.1, -0.05) is 6.07 Å². The zero-order chi connectivity index (χ0) is 13.4. The lowest BCUT2D eigenvalue weighted by Gasteiger charge is -2.23. The second-order valence-electron chi connectivity index (χ2n) is 4.04. The van der Waals surface area contributed by atoms with Gasteiger partial charge in [-0.2, -0.15) is 0 Å². The number of Topliss-reactive ketones (excluding diaryl/α,β-unsaturated/α-hetero) is 1. The molecule has 0 amide bonds. The average molecular weight is 252 g/mol. The lowest BCUT2D eigenvalue weighted by atomic mass is 10.2. The Morgan fingerprint density at radius 1 is 1.28 bits per heavy atom. The van der Waals surface area contributed by atoms with E-state index in [-0.39, 0.29) is 19.0 Å². The molecule has 0 fully saturated rings. The van der Waals surface area contributed by atoms with Crippen LogP contribution in [-0.2, 0) is 4.79 Å². The van der Waals surface area contributed by atoms with Crippen molar-refractivity contribution in [1.82, 2.24) is 0 Å². The quantitative estimate of drug-likeness (QED) is 0.627. The van der Waals surface area contributed by atoms with E-state index in [9.17, 15) is 4.79 Å². The SMILES string of the molecule is CC(=O)CNc1cccc(N(CCO)CCO)c1. The van der Waals surface area contributed by atoms with Crippen LogP contribution in [0.2, 0.25) is 0 Å². The Hall–Kier alpha value is -1.59. The monoisotopic (exact) mass is 252 g/mol. The van der Waals surface area contributed by atoms with Crippen LogP contribution in [0.4, 0.5) is 11.4 Å². The van der Waals surface area contributed by atoms with Crippen molar-refractivity contribution in [2.45, 2.75) is 6.92 Å². The first kappa shape index (κ1) is 14.5. The zero-order valence-corrected chi connectivity index (χ0v) is 10.6. The van der Waals surface area contributed by atoms with Gasteiger partial charge in [0, 0.05) is 24.5 Å². The Labute approximate surface area is 107 Å². The van der Waals surface area contributed by atoms with Crippen molar-refractivity contribution in [1.29, 1.82) is 0 Å². The van der Waals surface area contributed by atoms with Crippen LogP contribution in [0, 0.1) is 0 Å². The Morgan fingerprint density at radius 3 is 2.50 bits per heavy atom. The Bertz CT molecular complexity index is 376. The van der Waals surface area contributed by atoms with Gasteiger partial charge >= 0.3 is 0 Å². The molecule has 5 heteroatoms. The number of nitrogens with zero attached hydrogens (tertiary/aromatic N) is 1. The molecule has 100 valence electrons. The van der Waals surface area contributed by atoms with E-state index in [0.29, 0.717) is 19.6 Å². The summed E-state index contributed by atoms with van der Waals surface area (Å²) in [6.07, 6.45) is 0. The Morgan fingerprint density at radius 2 is 1.94 bits per heavy atom. The third-order valence-electron chi connectivity index (χ3n) is 2.49. The van der Waals surface area contributed by atoms with Crippen LogP contribution >= 0.6 is 0 Å². The Balaban J connectivity index is 2.74. The molecule has 0 aliphatic carbocycles. The van der Waals surface area contributed by atoms with Crippen molar-refractivity contribution in [2.24, 2.45) is 0 Å². The summed E-state index contributed by atoms with van der Waals surface area (Å²) in [5.41, 5.74) is 1.76. The number of anilines is 2. The van der Waals surface area contributed by atoms with E-state index in [4.69, 9.17) is 10.2 Å². The molecular weight excluding hydrogens is 232 g/mol. The summed E-state index contributed by atoms with van der Waals surface area (Å²) in [5, 5.41) is 21.0. The lowest BCUT2D eigenvalue weighted by Crippen LogP contribution is -2.29. The van der Waals surface area contributed by atoms with E-state index in [2.05, 4.69) is 5.32 Å². The predicted molar refractivity (Wildman–Crippen MR) is 72.0 cm³/mol. The summed E-state index contributed by atoms with van der Waals surface area (Å²) in [7, 11) is 0. The van der Waals surface area contributed by atoms with Gasteiger partial charge in [-0.05, 0) is 25.1 Å². The molecule has 0 saturated carbocycles. The summed E-state index contributed by atoms with van der Waals surface area (Å²) in [6.45, 7) is 2.83. The number of hydrogen-bond donors (Lipinski definition) is 3. The van der Waals surface area contributed by atoms with Crippen LogP contribution in [-0.4, -0.2) is 48.8 Å². The molecule has 3 N–H and O–H groups in total. The maximum atomic E-state index is 10.9. The smallest absolute Gasteiger partial charge is 0.148 e. The molecule has 0 spiro atoms. The predicted octanol–water partition coefficient (Wildman–Crippen LogP) is 0.478. The highest BCUT2D eigenvalue weighted by molar-refractivity contribution is 5.80. The van der Waals surface area contributed by atoms with Crippen molar-refractivity contribution < 1.29 is 15.0 Å². The largest absolute Gasteiger partial charge is 0.395 e. The number of hydrogen-bond acceptors (Lipinski definition) is 5. The molecule has 0 atom stereocenters. The third-order valence-corrected chi connectivity index (χ3v) is 2.49. The summed E-state index contributed by atoms with van der Waals surface area (Å²) in [6, 6.07) is 7.56. The molecule has 0 radical (unpaired) electrons. The fourth-order valence-corrected chi connectivity index (χ4v) is 1.65. The standard InChI is InChI=1S/C13H20N2O3/c1-11(18)10-14-12-3-2-4-13(9-12)15(5-7-16)6-8-17/h2-4,9,14,16-17H,5-8,10H2,1H3. The molecule has 0 bridgehead atoms. The van der Waals surface area contributed by atoms with Gasteiger partial charge < -0.3 is 20.4 Å². The molecule has 18 heavy (non-hydrogen) atoms. The summed E-state index contributed by atoms with van der Waals surface area (Å²) >= 11 is 0. The van der Waals surface area contributed by atoms with Crippen molar-refractivity contribution in [3.63, 3.8) is 0 Å².